The van der Waals surface area contributed by atoms with Gasteiger partial charge < -0.3 is 19.3 Å². The van der Waals surface area contributed by atoms with E-state index in [0.717, 1.165) is 11.1 Å². The third-order valence-corrected chi connectivity index (χ3v) is 3.95. The van der Waals surface area contributed by atoms with Crippen molar-refractivity contribution in [3.8, 4) is 0 Å². The van der Waals surface area contributed by atoms with E-state index in [1.165, 1.54) is 0 Å². The van der Waals surface area contributed by atoms with Crippen molar-refractivity contribution in [2.75, 3.05) is 6.61 Å². The number of aliphatic hydroxyl groups excluding tert-OH is 1. The van der Waals surface area contributed by atoms with Gasteiger partial charge in [-0.05, 0) is 11.1 Å². The van der Waals surface area contributed by atoms with Crippen LogP contribution in [-0.2, 0) is 27.4 Å². The summed E-state index contributed by atoms with van der Waals surface area (Å²) >= 11 is 0. The lowest BCUT2D eigenvalue weighted by molar-refractivity contribution is -0.129. The molecule has 2 aromatic carbocycles. The van der Waals surface area contributed by atoms with Crippen molar-refractivity contribution in [3.05, 3.63) is 71.8 Å². The van der Waals surface area contributed by atoms with Crippen molar-refractivity contribution in [1.82, 2.24) is 0 Å². The fraction of sp³-hybridized carbons (Fsp3) is 0.368. The number of alkyl halides is 1. The molecule has 24 heavy (non-hydrogen) atoms. The van der Waals surface area contributed by atoms with Crippen molar-refractivity contribution in [2.24, 2.45) is 0 Å². The van der Waals surface area contributed by atoms with E-state index in [1.807, 2.05) is 60.7 Å². The van der Waals surface area contributed by atoms with Crippen LogP contribution in [0.15, 0.2) is 60.7 Å². The summed E-state index contributed by atoms with van der Waals surface area (Å²) in [6.07, 6.45) is -4.55. The minimum atomic E-state index is -1.58. The van der Waals surface area contributed by atoms with Crippen LogP contribution in [0.25, 0.3) is 0 Å². The van der Waals surface area contributed by atoms with Gasteiger partial charge in [-0.1, -0.05) is 60.7 Å². The van der Waals surface area contributed by atoms with E-state index in [4.69, 9.17) is 14.2 Å². The molecule has 0 saturated carbocycles. The second kappa shape index (κ2) is 8.35. The molecule has 3 rings (SSSR count). The number of ether oxygens (including phenoxy) is 3. The van der Waals surface area contributed by atoms with Gasteiger partial charge in [0.1, 0.15) is 12.2 Å². The molecule has 0 amide bonds. The summed E-state index contributed by atoms with van der Waals surface area (Å²) in [5.74, 6) is 0. The Morgan fingerprint density at radius 1 is 0.917 bits per heavy atom. The van der Waals surface area contributed by atoms with Crippen LogP contribution < -0.4 is 0 Å². The van der Waals surface area contributed by atoms with Gasteiger partial charge in [-0.3, -0.25) is 0 Å². The Hall–Kier alpha value is -1.79. The minimum absolute atomic E-state index is 0.159. The summed E-state index contributed by atoms with van der Waals surface area (Å²) in [7, 11) is 0. The van der Waals surface area contributed by atoms with E-state index in [-0.39, 0.29) is 13.2 Å². The lowest BCUT2D eigenvalue weighted by atomic mass is 10.1. The summed E-state index contributed by atoms with van der Waals surface area (Å²) in [4.78, 5) is 0. The molecule has 5 heteroatoms. The second-order valence-electron chi connectivity index (χ2n) is 5.77. The van der Waals surface area contributed by atoms with Gasteiger partial charge in [0.2, 0.25) is 0 Å². The Bertz CT molecular complexity index is 607. The Morgan fingerprint density at radius 2 is 1.50 bits per heavy atom. The number of hydrogen-bond acceptors (Lipinski definition) is 4. The molecule has 1 N–H and O–H groups in total. The van der Waals surface area contributed by atoms with Gasteiger partial charge in [-0.25, -0.2) is 4.39 Å². The maximum absolute atomic E-state index is 14.1. The monoisotopic (exact) mass is 332 g/mol. The first kappa shape index (κ1) is 17.0. The van der Waals surface area contributed by atoms with E-state index in [0.29, 0.717) is 6.61 Å². The van der Waals surface area contributed by atoms with E-state index in [2.05, 4.69) is 0 Å². The third kappa shape index (κ3) is 4.39. The number of hydrogen-bond donors (Lipinski definition) is 1. The topological polar surface area (TPSA) is 47.9 Å². The molecule has 1 aliphatic heterocycles. The molecule has 1 saturated heterocycles. The molecule has 0 aliphatic carbocycles. The number of aliphatic hydroxyl groups is 1. The Balaban J connectivity index is 1.52. The highest BCUT2D eigenvalue weighted by molar-refractivity contribution is 5.14. The van der Waals surface area contributed by atoms with Crippen LogP contribution in [0.2, 0.25) is 0 Å². The van der Waals surface area contributed by atoms with Crippen LogP contribution in [0.4, 0.5) is 4.39 Å². The fourth-order valence-corrected chi connectivity index (χ4v) is 2.67. The van der Waals surface area contributed by atoms with Crippen molar-refractivity contribution in [3.63, 3.8) is 0 Å². The van der Waals surface area contributed by atoms with Gasteiger partial charge in [0.15, 0.2) is 12.5 Å². The standard InChI is InChI=1S/C19H21FO4/c20-17-18(23-12-15-9-5-2-6-10-15)16(24-19(17)21)13-22-11-14-7-3-1-4-8-14/h1-10,16-19,21H,11-13H2/t16-,17+,18+,19-/m1/s1. The van der Waals surface area contributed by atoms with Gasteiger partial charge in [-0.15, -0.1) is 0 Å². The molecule has 1 aliphatic rings. The highest BCUT2D eigenvalue weighted by Crippen LogP contribution is 2.26. The number of benzene rings is 2. The van der Waals surface area contributed by atoms with Crippen LogP contribution in [-0.4, -0.2) is 36.4 Å². The fourth-order valence-electron chi connectivity index (χ4n) is 2.67. The maximum atomic E-state index is 14.1. The number of halogens is 1. The molecule has 0 unspecified atom stereocenters. The summed E-state index contributed by atoms with van der Waals surface area (Å²) in [5, 5.41) is 9.62. The highest BCUT2D eigenvalue weighted by atomic mass is 19.1. The Morgan fingerprint density at radius 3 is 2.12 bits per heavy atom. The largest absolute Gasteiger partial charge is 0.374 e. The molecule has 0 spiro atoms. The zero-order valence-electron chi connectivity index (χ0n) is 13.3. The van der Waals surface area contributed by atoms with Crippen molar-refractivity contribution in [2.45, 2.75) is 37.9 Å². The predicted octanol–water partition coefficient (Wildman–Crippen LogP) is 2.84. The van der Waals surface area contributed by atoms with Crippen LogP contribution in [0.3, 0.4) is 0 Å². The summed E-state index contributed by atoms with van der Waals surface area (Å²) in [5.41, 5.74) is 1.96. The Labute approximate surface area is 140 Å². The highest BCUT2D eigenvalue weighted by Gasteiger charge is 2.45. The SMILES string of the molecule is O[C@@H]1O[C@H](COCc2ccccc2)[C@H](OCc2ccccc2)[C@@H]1F. The molecule has 128 valence electrons. The molecule has 0 aromatic heterocycles. The Kier molecular flexibility index (Phi) is 5.93. The zero-order chi connectivity index (χ0) is 16.8. The first-order valence-electron chi connectivity index (χ1n) is 7.99. The average molecular weight is 332 g/mol. The summed E-state index contributed by atoms with van der Waals surface area (Å²) < 4.78 is 30.6. The normalized spacial score (nSPS) is 26.6. The van der Waals surface area contributed by atoms with Crippen molar-refractivity contribution < 1.29 is 23.7 Å². The third-order valence-electron chi connectivity index (χ3n) is 3.95. The molecule has 2 aromatic rings. The predicted molar refractivity (Wildman–Crippen MR) is 86.9 cm³/mol. The van der Waals surface area contributed by atoms with E-state index in [1.54, 1.807) is 0 Å². The summed E-state index contributed by atoms with van der Waals surface area (Å²) in [6.45, 7) is 0.822. The molecular weight excluding hydrogens is 311 g/mol. The first-order chi connectivity index (χ1) is 11.7. The van der Waals surface area contributed by atoms with Crippen molar-refractivity contribution >= 4 is 0 Å². The summed E-state index contributed by atoms with van der Waals surface area (Å²) in [6, 6.07) is 19.2. The molecule has 0 radical (unpaired) electrons. The van der Waals surface area contributed by atoms with Crippen LogP contribution in [0, 0.1) is 0 Å². The number of rotatable bonds is 7. The molecule has 4 atom stereocenters. The molecule has 1 fully saturated rings. The van der Waals surface area contributed by atoms with Gasteiger partial charge in [0, 0.05) is 0 Å². The quantitative estimate of drug-likeness (QED) is 0.847. The smallest absolute Gasteiger partial charge is 0.189 e. The van der Waals surface area contributed by atoms with Gasteiger partial charge in [-0.2, -0.15) is 0 Å². The van der Waals surface area contributed by atoms with Crippen LogP contribution in [0.1, 0.15) is 11.1 Å². The van der Waals surface area contributed by atoms with Crippen molar-refractivity contribution in [1.29, 1.82) is 0 Å². The van der Waals surface area contributed by atoms with Gasteiger partial charge >= 0.3 is 0 Å². The van der Waals surface area contributed by atoms with E-state index >= 15 is 0 Å². The molecule has 0 bridgehead atoms. The van der Waals surface area contributed by atoms with Crippen LogP contribution >= 0.6 is 0 Å². The van der Waals surface area contributed by atoms with Crippen LogP contribution in [0.5, 0.6) is 0 Å². The molecular formula is C19H21FO4. The minimum Gasteiger partial charge on any atom is -0.374 e. The second-order valence-corrected chi connectivity index (χ2v) is 5.77. The lowest BCUT2D eigenvalue weighted by Gasteiger charge is -2.20. The lowest BCUT2D eigenvalue weighted by Crippen LogP contribution is -2.34. The van der Waals surface area contributed by atoms with Gasteiger partial charge in [0.05, 0.1) is 19.8 Å². The first-order valence-corrected chi connectivity index (χ1v) is 7.99. The zero-order valence-corrected chi connectivity index (χ0v) is 13.3. The van der Waals surface area contributed by atoms with E-state index in [9.17, 15) is 9.50 Å². The maximum Gasteiger partial charge on any atom is 0.189 e. The van der Waals surface area contributed by atoms with Gasteiger partial charge in [0.25, 0.3) is 0 Å². The molecule has 1 heterocycles. The molecule has 4 nitrogen and oxygen atoms in total. The average Bonchev–Trinajstić information content (AvgIpc) is 2.89. The van der Waals surface area contributed by atoms with E-state index < -0.39 is 24.7 Å².